The van der Waals surface area contributed by atoms with E-state index in [1.165, 1.54) is 25.8 Å². The molecule has 6 heteroatoms. The lowest BCUT2D eigenvalue weighted by atomic mass is 9.98. The van der Waals surface area contributed by atoms with Crippen molar-refractivity contribution in [1.82, 2.24) is 15.2 Å². The number of nitrogens with one attached hydrogen (secondary N) is 1. The Balaban J connectivity index is 1.43. The van der Waals surface area contributed by atoms with Crippen LogP contribution in [0.3, 0.4) is 0 Å². The largest absolute Gasteiger partial charge is 0.384 e. The topological polar surface area (TPSA) is 57.7 Å². The fraction of sp³-hybridized carbons (Fsp3) is 0.714. The van der Waals surface area contributed by atoms with E-state index >= 15 is 0 Å². The van der Waals surface area contributed by atoms with E-state index in [1.54, 1.807) is 13.3 Å². The van der Waals surface area contributed by atoms with E-state index in [-0.39, 0.29) is 5.91 Å². The molecule has 27 heavy (non-hydrogen) atoms. The molecule has 0 aliphatic carbocycles. The first kappa shape index (κ1) is 20.1. The van der Waals surface area contributed by atoms with Gasteiger partial charge >= 0.3 is 0 Å². The fourth-order valence-corrected chi connectivity index (χ4v) is 4.24. The van der Waals surface area contributed by atoms with Gasteiger partial charge in [-0.3, -0.25) is 4.79 Å². The van der Waals surface area contributed by atoms with Gasteiger partial charge in [0.05, 0.1) is 5.56 Å². The van der Waals surface area contributed by atoms with E-state index < -0.39 is 0 Å². The number of pyridine rings is 1. The number of carbonyl (C=O) groups excluding carboxylic acids is 1. The Bertz CT molecular complexity index is 584. The van der Waals surface area contributed by atoms with Crippen LogP contribution in [0.25, 0.3) is 0 Å². The van der Waals surface area contributed by atoms with Gasteiger partial charge in [0.2, 0.25) is 0 Å². The summed E-state index contributed by atoms with van der Waals surface area (Å²) in [4.78, 5) is 21.6. The zero-order valence-electron chi connectivity index (χ0n) is 16.8. The number of aromatic nitrogens is 1. The molecule has 1 N–H and O–H groups in total. The van der Waals surface area contributed by atoms with Gasteiger partial charge in [0.15, 0.2) is 0 Å². The third-order valence-corrected chi connectivity index (χ3v) is 6.04. The van der Waals surface area contributed by atoms with E-state index in [9.17, 15) is 4.79 Å². The quantitative estimate of drug-likeness (QED) is 0.795. The highest BCUT2D eigenvalue weighted by molar-refractivity contribution is 5.94. The monoisotopic (exact) mass is 374 g/mol. The van der Waals surface area contributed by atoms with Crippen molar-refractivity contribution in [3.8, 4) is 0 Å². The van der Waals surface area contributed by atoms with Crippen LogP contribution in [0.5, 0.6) is 0 Å². The Morgan fingerprint density at radius 3 is 2.70 bits per heavy atom. The van der Waals surface area contributed by atoms with Crippen molar-refractivity contribution in [3.05, 3.63) is 23.9 Å². The molecule has 0 aromatic carbocycles. The standard InChI is InChI=1S/C21H34N4O2/c1-24-12-4-3-5-19(24)8-11-22-21(26)18-6-7-20(23-15-18)25-13-9-17(10-14-25)16-27-2/h6-7,15,17,19H,3-5,8-14,16H2,1-2H3,(H,22,26)/t19-/m0/s1. The van der Waals surface area contributed by atoms with Crippen molar-refractivity contribution in [2.45, 2.75) is 44.6 Å². The molecular formula is C21H34N4O2. The highest BCUT2D eigenvalue weighted by atomic mass is 16.5. The van der Waals surface area contributed by atoms with Gasteiger partial charge in [-0.1, -0.05) is 6.42 Å². The summed E-state index contributed by atoms with van der Waals surface area (Å²) < 4.78 is 5.26. The number of methoxy groups -OCH3 is 1. The molecule has 1 aromatic heterocycles. The second-order valence-electron chi connectivity index (χ2n) is 7.97. The predicted octanol–water partition coefficient (Wildman–Crippen LogP) is 2.55. The summed E-state index contributed by atoms with van der Waals surface area (Å²) in [5.74, 6) is 1.59. The number of hydrogen-bond donors (Lipinski definition) is 1. The van der Waals surface area contributed by atoms with Crippen molar-refractivity contribution < 1.29 is 9.53 Å². The molecule has 0 unspecified atom stereocenters. The Kier molecular flexibility index (Phi) is 7.47. The van der Waals surface area contributed by atoms with E-state index in [0.29, 0.717) is 17.5 Å². The number of hydrogen-bond acceptors (Lipinski definition) is 5. The molecule has 0 radical (unpaired) electrons. The Labute approximate surface area is 163 Å². The van der Waals surface area contributed by atoms with Crippen molar-refractivity contribution in [1.29, 1.82) is 0 Å². The van der Waals surface area contributed by atoms with Gasteiger partial charge in [0.25, 0.3) is 5.91 Å². The van der Waals surface area contributed by atoms with Gasteiger partial charge in [0.1, 0.15) is 5.82 Å². The number of nitrogens with zero attached hydrogens (tertiary/aromatic N) is 3. The van der Waals surface area contributed by atoms with Gasteiger partial charge in [-0.15, -0.1) is 0 Å². The highest BCUT2D eigenvalue weighted by Gasteiger charge is 2.21. The third-order valence-electron chi connectivity index (χ3n) is 6.04. The summed E-state index contributed by atoms with van der Waals surface area (Å²) in [6.07, 6.45) is 8.83. The van der Waals surface area contributed by atoms with Crippen molar-refractivity contribution in [3.63, 3.8) is 0 Å². The van der Waals surface area contributed by atoms with Crippen molar-refractivity contribution in [2.75, 3.05) is 51.8 Å². The number of likely N-dealkylation sites (tertiary alicyclic amines) is 1. The molecule has 1 aromatic rings. The van der Waals surface area contributed by atoms with Gasteiger partial charge in [-0.05, 0) is 63.7 Å². The van der Waals surface area contributed by atoms with E-state index in [2.05, 4.69) is 27.1 Å². The SMILES string of the molecule is COCC1CCN(c2ccc(C(=O)NCC[C@@H]3CCCCN3C)cn2)CC1. The van der Waals surface area contributed by atoms with Crippen LogP contribution in [-0.2, 0) is 4.74 Å². The zero-order chi connectivity index (χ0) is 19.1. The van der Waals surface area contributed by atoms with Crippen LogP contribution < -0.4 is 10.2 Å². The summed E-state index contributed by atoms with van der Waals surface area (Å²) in [6, 6.07) is 4.46. The average Bonchev–Trinajstić information content (AvgIpc) is 2.70. The number of rotatable bonds is 7. The molecule has 0 saturated carbocycles. The van der Waals surface area contributed by atoms with Crippen LogP contribution in [0.4, 0.5) is 5.82 Å². The predicted molar refractivity (Wildman–Crippen MR) is 108 cm³/mol. The molecule has 2 fully saturated rings. The van der Waals surface area contributed by atoms with E-state index in [4.69, 9.17) is 4.74 Å². The molecule has 3 rings (SSSR count). The van der Waals surface area contributed by atoms with Gasteiger partial charge in [0, 0.05) is 45.6 Å². The van der Waals surface area contributed by atoms with Crippen LogP contribution in [0.2, 0.25) is 0 Å². The smallest absolute Gasteiger partial charge is 0.252 e. The Morgan fingerprint density at radius 1 is 1.22 bits per heavy atom. The molecule has 2 aliphatic heterocycles. The van der Waals surface area contributed by atoms with Crippen LogP contribution >= 0.6 is 0 Å². The Hall–Kier alpha value is -1.66. The van der Waals surface area contributed by atoms with Gasteiger partial charge < -0.3 is 19.9 Å². The molecule has 0 spiro atoms. The zero-order valence-corrected chi connectivity index (χ0v) is 16.8. The van der Waals surface area contributed by atoms with Crippen LogP contribution in [0.1, 0.15) is 48.9 Å². The summed E-state index contributed by atoms with van der Waals surface area (Å²) in [7, 11) is 3.96. The first-order chi connectivity index (χ1) is 13.2. The maximum absolute atomic E-state index is 12.4. The average molecular weight is 375 g/mol. The molecule has 3 heterocycles. The lowest BCUT2D eigenvalue weighted by molar-refractivity contribution is 0.0945. The molecular weight excluding hydrogens is 340 g/mol. The third kappa shape index (κ3) is 5.66. The molecule has 1 amide bonds. The number of carbonyl (C=O) groups is 1. The first-order valence-corrected chi connectivity index (χ1v) is 10.4. The summed E-state index contributed by atoms with van der Waals surface area (Å²) in [5, 5.41) is 3.05. The number of amides is 1. The van der Waals surface area contributed by atoms with Crippen molar-refractivity contribution in [2.24, 2.45) is 5.92 Å². The minimum Gasteiger partial charge on any atom is -0.384 e. The van der Waals surface area contributed by atoms with Gasteiger partial charge in [-0.25, -0.2) is 4.98 Å². The molecule has 2 aliphatic rings. The normalized spacial score (nSPS) is 22.0. The molecule has 2 saturated heterocycles. The molecule has 150 valence electrons. The molecule has 1 atom stereocenters. The summed E-state index contributed by atoms with van der Waals surface area (Å²) in [5.41, 5.74) is 0.644. The highest BCUT2D eigenvalue weighted by Crippen LogP contribution is 2.22. The fourth-order valence-electron chi connectivity index (χ4n) is 4.24. The minimum absolute atomic E-state index is 0.0219. The molecule has 0 bridgehead atoms. The lowest BCUT2D eigenvalue weighted by Crippen LogP contribution is -2.39. The van der Waals surface area contributed by atoms with Crippen LogP contribution in [-0.4, -0.2) is 68.8 Å². The Morgan fingerprint density at radius 2 is 2.04 bits per heavy atom. The lowest BCUT2D eigenvalue weighted by Gasteiger charge is -2.32. The number of piperidine rings is 2. The number of ether oxygens (including phenoxy) is 1. The first-order valence-electron chi connectivity index (χ1n) is 10.4. The second kappa shape index (κ2) is 10.0. The minimum atomic E-state index is -0.0219. The van der Waals surface area contributed by atoms with E-state index in [0.717, 1.165) is 51.3 Å². The van der Waals surface area contributed by atoms with E-state index in [1.807, 2.05) is 12.1 Å². The summed E-state index contributed by atoms with van der Waals surface area (Å²) in [6.45, 7) is 4.75. The van der Waals surface area contributed by atoms with Crippen molar-refractivity contribution >= 4 is 11.7 Å². The maximum atomic E-state index is 12.4. The molecule has 6 nitrogen and oxygen atoms in total. The number of anilines is 1. The summed E-state index contributed by atoms with van der Waals surface area (Å²) >= 11 is 0. The maximum Gasteiger partial charge on any atom is 0.252 e. The van der Waals surface area contributed by atoms with Gasteiger partial charge in [-0.2, -0.15) is 0 Å². The van der Waals surface area contributed by atoms with Crippen LogP contribution in [0, 0.1) is 5.92 Å². The second-order valence-corrected chi connectivity index (χ2v) is 7.97. The van der Waals surface area contributed by atoms with Crippen LogP contribution in [0.15, 0.2) is 18.3 Å².